The molecule has 0 saturated heterocycles. The molecule has 0 saturated carbocycles. The van der Waals surface area contributed by atoms with Gasteiger partial charge >= 0.3 is 0 Å². The predicted molar refractivity (Wildman–Crippen MR) is 85.8 cm³/mol. The minimum absolute atomic E-state index is 0.459. The van der Waals surface area contributed by atoms with Gasteiger partial charge in [0.1, 0.15) is 5.50 Å². The van der Waals surface area contributed by atoms with Gasteiger partial charge in [-0.15, -0.1) is 11.6 Å². The number of nitrogens with one attached hydrogen (secondary N) is 1. The average molecular weight is 309 g/mol. The van der Waals surface area contributed by atoms with Gasteiger partial charge in [0.15, 0.2) is 5.12 Å². The van der Waals surface area contributed by atoms with Gasteiger partial charge in [-0.25, -0.2) is 0 Å². The molecule has 0 radical (unpaired) electrons. The van der Waals surface area contributed by atoms with Crippen LogP contribution in [0.5, 0.6) is 0 Å². The Morgan fingerprint density at radius 2 is 1.40 bits per heavy atom. The molecule has 2 atom stereocenters. The third-order valence-corrected chi connectivity index (χ3v) is 3.87. The van der Waals surface area contributed by atoms with Crippen LogP contribution in [0, 0.1) is 13.8 Å². The molecule has 3 N–H and O–H groups in total. The predicted octanol–water partition coefficient (Wildman–Crippen LogP) is 4.14. The van der Waals surface area contributed by atoms with Crippen LogP contribution in [0.25, 0.3) is 0 Å². The van der Waals surface area contributed by atoms with Crippen molar-refractivity contribution in [1.29, 1.82) is 0 Å². The van der Waals surface area contributed by atoms with Crippen LogP contribution in [0.4, 0.5) is 0 Å². The van der Waals surface area contributed by atoms with Gasteiger partial charge in [-0.2, -0.15) is 0 Å². The SMILES string of the molecule is Cc1ccc(C(Cl)NC(N)(Cl)c2ccc(C)cc2)cc1. The molecule has 0 heterocycles. The first kappa shape index (κ1) is 15.3. The highest BCUT2D eigenvalue weighted by atomic mass is 35.5. The highest BCUT2D eigenvalue weighted by Gasteiger charge is 2.27. The maximum Gasteiger partial charge on any atom is 0.171 e. The van der Waals surface area contributed by atoms with E-state index in [-0.39, 0.29) is 0 Å². The second-order valence-corrected chi connectivity index (χ2v) is 6.03. The summed E-state index contributed by atoms with van der Waals surface area (Å²) in [6.07, 6.45) is 0. The van der Waals surface area contributed by atoms with Crippen molar-refractivity contribution in [3.05, 3.63) is 70.8 Å². The quantitative estimate of drug-likeness (QED) is 0.506. The lowest BCUT2D eigenvalue weighted by molar-refractivity contribution is 0.476. The monoisotopic (exact) mass is 308 g/mol. The summed E-state index contributed by atoms with van der Waals surface area (Å²) in [4.78, 5) is 0. The van der Waals surface area contributed by atoms with Crippen molar-refractivity contribution in [3.8, 4) is 0 Å². The van der Waals surface area contributed by atoms with Crippen LogP contribution in [-0.2, 0) is 5.12 Å². The Balaban J connectivity index is 2.14. The third kappa shape index (κ3) is 3.74. The van der Waals surface area contributed by atoms with E-state index in [9.17, 15) is 0 Å². The third-order valence-electron chi connectivity index (χ3n) is 3.18. The topological polar surface area (TPSA) is 38.0 Å². The lowest BCUT2D eigenvalue weighted by Gasteiger charge is -2.27. The number of rotatable bonds is 4. The van der Waals surface area contributed by atoms with E-state index in [1.165, 1.54) is 5.56 Å². The highest BCUT2D eigenvalue weighted by molar-refractivity contribution is 6.25. The molecular weight excluding hydrogens is 291 g/mol. The van der Waals surface area contributed by atoms with Crippen molar-refractivity contribution >= 4 is 23.2 Å². The highest BCUT2D eigenvalue weighted by Crippen LogP contribution is 2.27. The Labute approximate surface area is 129 Å². The van der Waals surface area contributed by atoms with Crippen LogP contribution in [-0.4, -0.2) is 0 Å². The first-order valence-electron chi connectivity index (χ1n) is 6.42. The summed E-state index contributed by atoms with van der Waals surface area (Å²) in [5.74, 6) is 0. The number of nitrogens with two attached hydrogens (primary N) is 1. The molecule has 0 amide bonds. The number of hydrogen-bond donors (Lipinski definition) is 2. The first-order valence-corrected chi connectivity index (χ1v) is 7.23. The van der Waals surface area contributed by atoms with Crippen LogP contribution in [0.1, 0.15) is 27.8 Å². The molecule has 0 aliphatic rings. The van der Waals surface area contributed by atoms with Gasteiger partial charge in [-0.1, -0.05) is 71.3 Å². The summed E-state index contributed by atoms with van der Waals surface area (Å²) in [5.41, 5.74) is 9.71. The molecule has 2 aromatic rings. The first-order chi connectivity index (χ1) is 9.38. The zero-order valence-corrected chi connectivity index (χ0v) is 13.0. The van der Waals surface area contributed by atoms with E-state index in [2.05, 4.69) is 5.32 Å². The molecule has 20 heavy (non-hydrogen) atoms. The Morgan fingerprint density at radius 3 is 1.90 bits per heavy atom. The van der Waals surface area contributed by atoms with Crippen LogP contribution < -0.4 is 11.1 Å². The molecule has 0 aromatic heterocycles. The fourth-order valence-electron chi connectivity index (χ4n) is 1.88. The van der Waals surface area contributed by atoms with Gasteiger partial charge in [0.05, 0.1) is 0 Å². The van der Waals surface area contributed by atoms with Crippen molar-refractivity contribution in [2.75, 3.05) is 0 Å². The van der Waals surface area contributed by atoms with E-state index < -0.39 is 10.6 Å². The fourth-order valence-corrected chi connectivity index (χ4v) is 2.49. The van der Waals surface area contributed by atoms with E-state index >= 15 is 0 Å². The second-order valence-electron chi connectivity index (χ2n) is 5.00. The molecule has 106 valence electrons. The Morgan fingerprint density at radius 1 is 0.950 bits per heavy atom. The summed E-state index contributed by atoms with van der Waals surface area (Å²) in [6, 6.07) is 15.7. The van der Waals surface area contributed by atoms with Gasteiger partial charge in [-0.05, 0) is 19.4 Å². The van der Waals surface area contributed by atoms with Crippen molar-refractivity contribution in [1.82, 2.24) is 5.32 Å². The summed E-state index contributed by atoms with van der Waals surface area (Å²) >= 11 is 12.7. The molecule has 2 aromatic carbocycles. The standard InChI is InChI=1S/C16H18Cl2N2/c1-11-3-7-13(8-4-11)15(17)20-16(18,19)14-9-5-12(2)6-10-14/h3-10,15,20H,19H2,1-2H3. The molecule has 0 aliphatic carbocycles. The van der Waals surface area contributed by atoms with Gasteiger partial charge in [0, 0.05) is 5.56 Å². The summed E-state index contributed by atoms with van der Waals surface area (Å²) in [6.45, 7) is 4.04. The number of alkyl halides is 2. The zero-order valence-electron chi connectivity index (χ0n) is 11.5. The maximum atomic E-state index is 6.37. The number of hydrogen-bond acceptors (Lipinski definition) is 2. The Kier molecular flexibility index (Phi) is 4.71. The zero-order chi connectivity index (χ0) is 14.8. The van der Waals surface area contributed by atoms with E-state index in [0.717, 1.165) is 16.7 Å². The largest absolute Gasteiger partial charge is 0.297 e. The molecular formula is C16H18Cl2N2. The van der Waals surface area contributed by atoms with Crippen molar-refractivity contribution in [2.45, 2.75) is 24.5 Å². The van der Waals surface area contributed by atoms with Gasteiger partial charge < -0.3 is 0 Å². The summed E-state index contributed by atoms with van der Waals surface area (Å²) < 4.78 is 0. The molecule has 4 heteroatoms. The summed E-state index contributed by atoms with van der Waals surface area (Å²) in [7, 11) is 0. The van der Waals surface area contributed by atoms with Gasteiger partial charge in [0.2, 0.25) is 0 Å². The van der Waals surface area contributed by atoms with Crippen molar-refractivity contribution in [2.24, 2.45) is 5.73 Å². The van der Waals surface area contributed by atoms with Gasteiger partial charge in [0.25, 0.3) is 0 Å². The van der Waals surface area contributed by atoms with E-state index in [0.29, 0.717) is 0 Å². The Hall–Kier alpha value is -1.06. The van der Waals surface area contributed by atoms with Crippen molar-refractivity contribution in [3.63, 3.8) is 0 Å². The van der Waals surface area contributed by atoms with Gasteiger partial charge in [-0.3, -0.25) is 11.1 Å². The minimum atomic E-state index is -1.20. The molecule has 0 bridgehead atoms. The molecule has 2 unspecified atom stereocenters. The van der Waals surface area contributed by atoms with Crippen LogP contribution in [0.15, 0.2) is 48.5 Å². The van der Waals surface area contributed by atoms with Crippen LogP contribution in [0.3, 0.4) is 0 Å². The smallest absolute Gasteiger partial charge is 0.171 e. The summed E-state index contributed by atoms with van der Waals surface area (Å²) in [5, 5.41) is 1.83. The van der Waals surface area contributed by atoms with Crippen LogP contribution >= 0.6 is 23.2 Å². The average Bonchev–Trinajstić information content (AvgIpc) is 2.39. The molecule has 2 nitrogen and oxygen atoms in total. The molecule has 0 fully saturated rings. The number of halogens is 2. The Bertz CT molecular complexity index is 562. The molecule has 2 rings (SSSR count). The fraction of sp³-hybridized carbons (Fsp3) is 0.250. The minimum Gasteiger partial charge on any atom is -0.297 e. The maximum absolute atomic E-state index is 6.37. The molecule has 0 spiro atoms. The second kappa shape index (κ2) is 6.15. The molecule has 0 aliphatic heterocycles. The lowest BCUT2D eigenvalue weighted by atomic mass is 10.1. The number of aryl methyl sites for hydroxylation is 2. The van der Waals surface area contributed by atoms with Crippen molar-refractivity contribution < 1.29 is 0 Å². The number of benzene rings is 2. The van der Waals surface area contributed by atoms with E-state index in [1.54, 1.807) is 0 Å². The van der Waals surface area contributed by atoms with Crippen LogP contribution in [0.2, 0.25) is 0 Å². The normalized spacial score (nSPS) is 15.7. The van der Waals surface area contributed by atoms with E-state index in [4.69, 9.17) is 28.9 Å². The van der Waals surface area contributed by atoms with E-state index in [1.807, 2.05) is 62.4 Å². The lowest BCUT2D eigenvalue weighted by Crippen LogP contribution is -2.46.